The Hall–Kier alpha value is -3.33. The average molecular weight is 527 g/mol. The molecule has 0 atom stereocenters. The fourth-order valence-corrected chi connectivity index (χ4v) is 4.41. The van der Waals surface area contributed by atoms with Crippen molar-refractivity contribution in [1.29, 1.82) is 0 Å². The van der Waals surface area contributed by atoms with Gasteiger partial charge in [0.05, 0.1) is 35.1 Å². The van der Waals surface area contributed by atoms with Crippen LogP contribution in [0.4, 0.5) is 0 Å². The molecular weight excluding hydrogens is 507 g/mol. The van der Waals surface area contributed by atoms with Crippen molar-refractivity contribution in [3.63, 3.8) is 0 Å². The molecule has 178 valence electrons. The smallest absolute Gasteiger partial charge is 0.251 e. The number of methoxy groups -OCH3 is 1. The van der Waals surface area contributed by atoms with Crippen molar-refractivity contribution >= 4 is 46.7 Å². The molecule has 4 aromatic rings. The molecule has 1 aromatic heterocycles. The van der Waals surface area contributed by atoms with Crippen LogP contribution in [0.3, 0.4) is 0 Å². The zero-order chi connectivity index (χ0) is 24.8. The van der Waals surface area contributed by atoms with Gasteiger partial charge in [0.25, 0.3) is 5.91 Å². The van der Waals surface area contributed by atoms with Gasteiger partial charge >= 0.3 is 0 Å². The van der Waals surface area contributed by atoms with Gasteiger partial charge in [-0.15, -0.1) is 10.2 Å². The van der Waals surface area contributed by atoms with Crippen molar-refractivity contribution in [1.82, 2.24) is 20.1 Å². The Balaban J connectivity index is 1.57. The second kappa shape index (κ2) is 11.4. The largest absolute Gasteiger partial charge is 0.497 e. The molecule has 0 unspecified atom stereocenters. The van der Waals surface area contributed by atoms with E-state index < -0.39 is 0 Å². The topological polar surface area (TPSA) is 86.1 Å². The number of ether oxygens (including phenoxy) is 1. The number of nitrogens with one attached hydrogen (secondary N) is 1. The Morgan fingerprint density at radius 2 is 1.71 bits per heavy atom. The number of ketones is 1. The van der Waals surface area contributed by atoms with E-state index in [1.54, 1.807) is 66.3 Å². The van der Waals surface area contributed by atoms with Crippen molar-refractivity contribution in [2.75, 3.05) is 12.9 Å². The Kier molecular flexibility index (Phi) is 8.07. The Labute approximate surface area is 216 Å². The van der Waals surface area contributed by atoms with Crippen LogP contribution in [0.2, 0.25) is 10.0 Å². The van der Waals surface area contributed by atoms with Crippen molar-refractivity contribution in [2.45, 2.75) is 11.7 Å². The number of hydrogen-bond acceptors (Lipinski definition) is 6. The highest BCUT2D eigenvalue weighted by molar-refractivity contribution is 7.99. The summed E-state index contributed by atoms with van der Waals surface area (Å²) >= 11 is 13.6. The molecule has 10 heteroatoms. The lowest BCUT2D eigenvalue weighted by Gasteiger charge is -2.12. The van der Waals surface area contributed by atoms with Gasteiger partial charge in [0.1, 0.15) is 5.75 Å². The normalized spacial score (nSPS) is 10.7. The van der Waals surface area contributed by atoms with E-state index in [2.05, 4.69) is 15.5 Å². The fourth-order valence-electron chi connectivity index (χ4n) is 3.25. The van der Waals surface area contributed by atoms with E-state index in [0.29, 0.717) is 43.6 Å². The number of Topliss-reactive ketones (excluding diaryl/α,β-unsaturated/α-hetero) is 1. The first-order valence-electron chi connectivity index (χ1n) is 10.5. The van der Waals surface area contributed by atoms with Gasteiger partial charge in [-0.05, 0) is 36.4 Å². The van der Waals surface area contributed by atoms with Crippen molar-refractivity contribution in [3.05, 3.63) is 99.8 Å². The zero-order valence-electron chi connectivity index (χ0n) is 18.6. The van der Waals surface area contributed by atoms with E-state index in [1.807, 2.05) is 18.2 Å². The summed E-state index contributed by atoms with van der Waals surface area (Å²) in [4.78, 5) is 25.3. The number of nitrogens with zero attached hydrogens (tertiary/aromatic N) is 3. The van der Waals surface area contributed by atoms with Crippen LogP contribution in [0.1, 0.15) is 26.5 Å². The predicted molar refractivity (Wildman–Crippen MR) is 137 cm³/mol. The number of aromatic nitrogens is 3. The number of thioether (sulfide) groups is 1. The predicted octanol–water partition coefficient (Wildman–Crippen LogP) is 5.49. The number of carbonyl (C=O) groups is 2. The number of carbonyl (C=O) groups excluding carboxylic acids is 2. The van der Waals surface area contributed by atoms with Crippen LogP contribution in [0, 0.1) is 0 Å². The first-order chi connectivity index (χ1) is 17.0. The highest BCUT2D eigenvalue weighted by Gasteiger charge is 2.18. The molecule has 1 heterocycles. The van der Waals surface area contributed by atoms with Gasteiger partial charge in [-0.1, -0.05) is 71.4 Å². The summed E-state index contributed by atoms with van der Waals surface area (Å²) < 4.78 is 6.93. The van der Waals surface area contributed by atoms with E-state index >= 15 is 0 Å². The maximum absolute atomic E-state index is 12.7. The van der Waals surface area contributed by atoms with E-state index in [4.69, 9.17) is 27.9 Å². The van der Waals surface area contributed by atoms with Gasteiger partial charge in [-0.2, -0.15) is 0 Å². The molecule has 4 rings (SSSR count). The molecule has 0 radical (unpaired) electrons. The lowest BCUT2D eigenvalue weighted by Crippen LogP contribution is -2.24. The van der Waals surface area contributed by atoms with Gasteiger partial charge in [0.15, 0.2) is 16.8 Å². The summed E-state index contributed by atoms with van der Waals surface area (Å²) in [6.07, 6.45) is 0. The standard InChI is InChI=1S/C25H20Cl2N4O3S/c1-34-19-9-5-8-17(12-19)24(33)28-14-23-29-30-25(31(23)18-10-11-20(26)21(27)13-18)35-15-22(32)16-6-3-2-4-7-16/h2-13H,14-15H2,1H3,(H,28,33). The molecule has 0 bridgehead atoms. The van der Waals surface area contributed by atoms with Gasteiger partial charge < -0.3 is 10.1 Å². The summed E-state index contributed by atoms with van der Waals surface area (Å²) in [5.74, 6) is 0.889. The molecule has 3 aromatic carbocycles. The highest BCUT2D eigenvalue weighted by Crippen LogP contribution is 2.28. The third-order valence-electron chi connectivity index (χ3n) is 5.03. The summed E-state index contributed by atoms with van der Waals surface area (Å²) in [6, 6.07) is 21.0. The lowest BCUT2D eigenvalue weighted by molar-refractivity contribution is 0.0948. The second-order valence-corrected chi connectivity index (χ2v) is 9.08. The molecular formula is C25H20Cl2N4O3S. The molecule has 0 aliphatic carbocycles. The molecule has 0 fully saturated rings. The maximum Gasteiger partial charge on any atom is 0.251 e. The maximum atomic E-state index is 12.7. The second-order valence-electron chi connectivity index (χ2n) is 7.33. The molecule has 7 nitrogen and oxygen atoms in total. The lowest BCUT2D eigenvalue weighted by atomic mass is 10.2. The Bertz CT molecular complexity index is 1360. The van der Waals surface area contributed by atoms with Gasteiger partial charge in [-0.3, -0.25) is 14.2 Å². The molecule has 0 saturated heterocycles. The Morgan fingerprint density at radius 1 is 0.943 bits per heavy atom. The SMILES string of the molecule is COc1cccc(C(=O)NCc2nnc(SCC(=O)c3ccccc3)n2-c2ccc(Cl)c(Cl)c2)c1. The number of rotatable bonds is 9. The van der Waals surface area contributed by atoms with E-state index in [9.17, 15) is 9.59 Å². The first-order valence-corrected chi connectivity index (χ1v) is 12.2. The van der Waals surface area contributed by atoms with Crippen molar-refractivity contribution < 1.29 is 14.3 Å². The summed E-state index contributed by atoms with van der Waals surface area (Å²) in [5.41, 5.74) is 1.73. The minimum absolute atomic E-state index is 0.0350. The van der Waals surface area contributed by atoms with Crippen LogP contribution < -0.4 is 10.1 Å². The zero-order valence-corrected chi connectivity index (χ0v) is 20.9. The van der Waals surface area contributed by atoms with E-state index in [-0.39, 0.29) is 24.0 Å². The van der Waals surface area contributed by atoms with Crippen LogP contribution in [0.15, 0.2) is 78.0 Å². The minimum Gasteiger partial charge on any atom is -0.497 e. The molecule has 0 aliphatic rings. The van der Waals surface area contributed by atoms with Gasteiger partial charge in [0.2, 0.25) is 0 Å². The quantitative estimate of drug-likeness (QED) is 0.229. The minimum atomic E-state index is -0.291. The molecule has 0 spiro atoms. The first kappa shape index (κ1) is 24.8. The molecule has 0 saturated carbocycles. The number of hydrogen-bond donors (Lipinski definition) is 1. The fraction of sp³-hybridized carbons (Fsp3) is 0.120. The highest BCUT2D eigenvalue weighted by atomic mass is 35.5. The van der Waals surface area contributed by atoms with E-state index in [0.717, 1.165) is 0 Å². The summed E-state index contributed by atoms with van der Waals surface area (Å²) in [7, 11) is 1.54. The number of amides is 1. The van der Waals surface area contributed by atoms with E-state index in [1.165, 1.54) is 11.8 Å². The molecule has 1 N–H and O–H groups in total. The van der Waals surface area contributed by atoms with Crippen LogP contribution in [-0.4, -0.2) is 39.3 Å². The third kappa shape index (κ3) is 6.03. The Morgan fingerprint density at radius 3 is 2.46 bits per heavy atom. The molecule has 1 amide bonds. The average Bonchev–Trinajstić information content (AvgIpc) is 3.30. The third-order valence-corrected chi connectivity index (χ3v) is 6.70. The summed E-state index contributed by atoms with van der Waals surface area (Å²) in [5, 5.41) is 12.6. The summed E-state index contributed by atoms with van der Waals surface area (Å²) in [6.45, 7) is 0.0937. The monoisotopic (exact) mass is 526 g/mol. The van der Waals surface area contributed by atoms with Crippen LogP contribution in [0.5, 0.6) is 5.75 Å². The molecule has 35 heavy (non-hydrogen) atoms. The van der Waals surface area contributed by atoms with Crippen LogP contribution in [-0.2, 0) is 6.54 Å². The number of halogens is 2. The number of benzene rings is 3. The van der Waals surface area contributed by atoms with Crippen LogP contribution in [0.25, 0.3) is 5.69 Å². The van der Waals surface area contributed by atoms with Gasteiger partial charge in [0, 0.05) is 11.1 Å². The molecule has 0 aliphatic heterocycles. The van der Waals surface area contributed by atoms with Crippen LogP contribution >= 0.6 is 35.0 Å². The van der Waals surface area contributed by atoms with Crippen molar-refractivity contribution in [2.24, 2.45) is 0 Å². The van der Waals surface area contributed by atoms with Crippen molar-refractivity contribution in [3.8, 4) is 11.4 Å². The van der Waals surface area contributed by atoms with Gasteiger partial charge in [-0.25, -0.2) is 0 Å².